The van der Waals surface area contributed by atoms with Crippen LogP contribution in [-0.2, 0) is 5.54 Å². The van der Waals surface area contributed by atoms with E-state index in [2.05, 4.69) is 0 Å². The molecule has 3 heteroatoms. The lowest BCUT2D eigenvalue weighted by Crippen LogP contribution is -2.34. The quantitative estimate of drug-likeness (QED) is 0.770. The van der Waals surface area contributed by atoms with Gasteiger partial charge in [0.1, 0.15) is 5.75 Å². The fourth-order valence-corrected chi connectivity index (χ4v) is 2.24. The van der Waals surface area contributed by atoms with Crippen LogP contribution >= 0.6 is 0 Å². The second kappa shape index (κ2) is 3.83. The van der Waals surface area contributed by atoms with E-state index in [-0.39, 0.29) is 11.6 Å². The SMILES string of the molecule is COc1cccc(C2(N)CCC(O)C2)c1. The van der Waals surface area contributed by atoms with Crippen molar-refractivity contribution < 1.29 is 9.84 Å². The zero-order valence-electron chi connectivity index (χ0n) is 8.94. The Morgan fingerprint density at radius 1 is 1.53 bits per heavy atom. The van der Waals surface area contributed by atoms with Gasteiger partial charge in [-0.15, -0.1) is 0 Å². The second-order valence-corrected chi connectivity index (χ2v) is 4.28. The molecule has 1 fully saturated rings. The minimum atomic E-state index is -0.381. The van der Waals surface area contributed by atoms with Crippen LogP contribution in [0.2, 0.25) is 0 Å². The van der Waals surface area contributed by atoms with Gasteiger partial charge in [0, 0.05) is 5.54 Å². The van der Waals surface area contributed by atoms with Gasteiger partial charge in [0.25, 0.3) is 0 Å². The zero-order valence-corrected chi connectivity index (χ0v) is 8.94. The fraction of sp³-hybridized carbons (Fsp3) is 0.500. The molecule has 0 saturated heterocycles. The number of rotatable bonds is 2. The van der Waals surface area contributed by atoms with Gasteiger partial charge in [-0.05, 0) is 37.0 Å². The molecule has 1 aliphatic carbocycles. The van der Waals surface area contributed by atoms with Gasteiger partial charge in [-0.1, -0.05) is 12.1 Å². The second-order valence-electron chi connectivity index (χ2n) is 4.28. The van der Waals surface area contributed by atoms with Crippen LogP contribution < -0.4 is 10.5 Å². The molecule has 0 radical (unpaired) electrons. The van der Waals surface area contributed by atoms with Crippen molar-refractivity contribution >= 4 is 0 Å². The normalized spacial score (nSPS) is 30.5. The van der Waals surface area contributed by atoms with Crippen molar-refractivity contribution in [2.45, 2.75) is 30.9 Å². The maximum absolute atomic E-state index is 9.54. The highest BCUT2D eigenvalue weighted by molar-refractivity contribution is 5.34. The molecule has 82 valence electrons. The summed E-state index contributed by atoms with van der Waals surface area (Å²) < 4.78 is 5.17. The van der Waals surface area contributed by atoms with E-state index in [0.29, 0.717) is 6.42 Å². The summed E-state index contributed by atoms with van der Waals surface area (Å²) in [5.41, 5.74) is 6.95. The van der Waals surface area contributed by atoms with Gasteiger partial charge in [-0.2, -0.15) is 0 Å². The molecular weight excluding hydrogens is 190 g/mol. The summed E-state index contributed by atoms with van der Waals surface area (Å²) in [4.78, 5) is 0. The molecule has 0 spiro atoms. The third kappa shape index (κ3) is 1.98. The molecule has 1 aliphatic rings. The summed E-state index contributed by atoms with van der Waals surface area (Å²) in [5.74, 6) is 0.818. The molecule has 3 N–H and O–H groups in total. The predicted octanol–water partition coefficient (Wildman–Crippen LogP) is 1.39. The van der Waals surface area contributed by atoms with Crippen LogP contribution in [0.3, 0.4) is 0 Å². The lowest BCUT2D eigenvalue weighted by atomic mass is 9.89. The molecule has 2 unspecified atom stereocenters. The molecular formula is C12H17NO2. The van der Waals surface area contributed by atoms with E-state index in [4.69, 9.17) is 10.5 Å². The lowest BCUT2D eigenvalue weighted by molar-refractivity contribution is 0.174. The first-order valence-corrected chi connectivity index (χ1v) is 5.25. The van der Waals surface area contributed by atoms with Gasteiger partial charge in [0.2, 0.25) is 0 Å². The highest BCUT2D eigenvalue weighted by Crippen LogP contribution is 2.37. The van der Waals surface area contributed by atoms with E-state index in [1.54, 1.807) is 7.11 Å². The summed E-state index contributed by atoms with van der Waals surface area (Å²) in [7, 11) is 1.64. The molecule has 0 aliphatic heterocycles. The van der Waals surface area contributed by atoms with Gasteiger partial charge >= 0.3 is 0 Å². The van der Waals surface area contributed by atoms with Crippen LogP contribution in [0.25, 0.3) is 0 Å². The topological polar surface area (TPSA) is 55.5 Å². The standard InChI is InChI=1S/C12H17NO2/c1-15-11-4-2-3-9(7-11)12(13)6-5-10(14)8-12/h2-4,7,10,14H,5-6,8,13H2,1H3. The maximum atomic E-state index is 9.54. The molecule has 3 nitrogen and oxygen atoms in total. The molecule has 1 aromatic rings. The van der Waals surface area contributed by atoms with E-state index < -0.39 is 0 Å². The van der Waals surface area contributed by atoms with Crippen molar-refractivity contribution in [1.82, 2.24) is 0 Å². The Morgan fingerprint density at radius 3 is 2.93 bits per heavy atom. The largest absolute Gasteiger partial charge is 0.497 e. The third-order valence-corrected chi connectivity index (χ3v) is 3.17. The summed E-state index contributed by atoms with van der Waals surface area (Å²) in [6, 6.07) is 7.80. The van der Waals surface area contributed by atoms with Crippen molar-refractivity contribution in [2.24, 2.45) is 5.73 Å². The minimum Gasteiger partial charge on any atom is -0.497 e. The Bertz CT molecular complexity index is 353. The van der Waals surface area contributed by atoms with Crippen LogP contribution in [0.5, 0.6) is 5.75 Å². The van der Waals surface area contributed by atoms with E-state index in [1.165, 1.54) is 0 Å². The summed E-state index contributed by atoms with van der Waals surface area (Å²) >= 11 is 0. The smallest absolute Gasteiger partial charge is 0.119 e. The lowest BCUT2D eigenvalue weighted by Gasteiger charge is -2.24. The van der Waals surface area contributed by atoms with Gasteiger partial charge in [-0.3, -0.25) is 0 Å². The number of methoxy groups -OCH3 is 1. The van der Waals surface area contributed by atoms with Crippen LogP contribution in [0.4, 0.5) is 0 Å². The highest BCUT2D eigenvalue weighted by Gasteiger charge is 2.36. The molecule has 0 heterocycles. The van der Waals surface area contributed by atoms with E-state index in [9.17, 15) is 5.11 Å². The highest BCUT2D eigenvalue weighted by atomic mass is 16.5. The Balaban J connectivity index is 2.28. The Morgan fingerprint density at radius 2 is 2.33 bits per heavy atom. The van der Waals surface area contributed by atoms with Crippen molar-refractivity contribution in [3.63, 3.8) is 0 Å². The van der Waals surface area contributed by atoms with E-state index in [1.807, 2.05) is 24.3 Å². The summed E-state index contributed by atoms with van der Waals surface area (Å²) in [6.07, 6.45) is 2.00. The Kier molecular flexibility index (Phi) is 2.67. The summed E-state index contributed by atoms with van der Waals surface area (Å²) in [6.45, 7) is 0. The molecule has 2 atom stereocenters. The molecule has 0 aromatic heterocycles. The predicted molar refractivity (Wildman–Crippen MR) is 58.7 cm³/mol. The number of hydrogen-bond donors (Lipinski definition) is 2. The van der Waals surface area contributed by atoms with Gasteiger partial charge in [-0.25, -0.2) is 0 Å². The van der Waals surface area contributed by atoms with Gasteiger partial charge < -0.3 is 15.6 Å². The molecule has 15 heavy (non-hydrogen) atoms. The molecule has 1 aromatic carbocycles. The van der Waals surface area contributed by atoms with Crippen molar-refractivity contribution in [3.8, 4) is 5.75 Å². The average molecular weight is 207 g/mol. The van der Waals surface area contributed by atoms with Gasteiger partial charge in [0.15, 0.2) is 0 Å². The maximum Gasteiger partial charge on any atom is 0.119 e. The van der Waals surface area contributed by atoms with Crippen LogP contribution in [-0.4, -0.2) is 18.3 Å². The van der Waals surface area contributed by atoms with Crippen molar-refractivity contribution in [2.75, 3.05) is 7.11 Å². The van der Waals surface area contributed by atoms with Crippen LogP contribution in [0.1, 0.15) is 24.8 Å². The zero-order chi connectivity index (χ0) is 10.9. The Labute approximate surface area is 89.9 Å². The average Bonchev–Trinajstić information content (AvgIpc) is 2.60. The monoisotopic (exact) mass is 207 g/mol. The number of aliphatic hydroxyl groups excluding tert-OH is 1. The molecule has 1 saturated carbocycles. The number of aliphatic hydroxyl groups is 1. The number of hydrogen-bond acceptors (Lipinski definition) is 3. The summed E-state index contributed by atoms with van der Waals surface area (Å²) in [5, 5.41) is 9.54. The number of benzene rings is 1. The Hall–Kier alpha value is -1.06. The van der Waals surface area contributed by atoms with E-state index >= 15 is 0 Å². The van der Waals surface area contributed by atoms with Crippen molar-refractivity contribution in [3.05, 3.63) is 29.8 Å². The number of ether oxygens (including phenoxy) is 1. The van der Waals surface area contributed by atoms with E-state index in [0.717, 1.165) is 24.2 Å². The fourth-order valence-electron chi connectivity index (χ4n) is 2.24. The third-order valence-electron chi connectivity index (χ3n) is 3.17. The molecule has 0 amide bonds. The van der Waals surface area contributed by atoms with Crippen LogP contribution in [0.15, 0.2) is 24.3 Å². The molecule has 0 bridgehead atoms. The first kappa shape index (κ1) is 10.5. The van der Waals surface area contributed by atoms with Crippen LogP contribution in [0, 0.1) is 0 Å². The minimum absolute atomic E-state index is 0.263. The van der Waals surface area contributed by atoms with Crippen molar-refractivity contribution in [1.29, 1.82) is 0 Å². The number of nitrogens with two attached hydrogens (primary N) is 1. The molecule has 2 rings (SSSR count). The first-order chi connectivity index (χ1) is 7.14. The first-order valence-electron chi connectivity index (χ1n) is 5.25. The van der Waals surface area contributed by atoms with Gasteiger partial charge in [0.05, 0.1) is 13.2 Å².